The average Bonchev–Trinajstić information content (AvgIpc) is 3.22. The van der Waals surface area contributed by atoms with Crippen molar-refractivity contribution in [2.75, 3.05) is 0 Å². The zero-order valence-electron chi connectivity index (χ0n) is 25.9. The van der Waals surface area contributed by atoms with Gasteiger partial charge in [-0.1, -0.05) is 45.0 Å². The molecule has 8 nitrogen and oxygen atoms in total. The topological polar surface area (TPSA) is 96.9 Å². The highest BCUT2D eigenvalue weighted by molar-refractivity contribution is 6.62. The van der Waals surface area contributed by atoms with Gasteiger partial charge in [-0.05, 0) is 92.0 Å². The van der Waals surface area contributed by atoms with E-state index in [1.165, 1.54) is 0 Å². The Bertz CT molecular complexity index is 1840. The molecule has 0 bridgehead atoms. The summed E-state index contributed by atoms with van der Waals surface area (Å²) < 4.78 is 18.9. The molecular weight excluding hydrogens is 541 g/mol. The fourth-order valence-electron chi connectivity index (χ4n) is 7.97. The number of H-pyrrole nitrogens is 1. The molecule has 4 aromatic rings. The summed E-state index contributed by atoms with van der Waals surface area (Å²) >= 11 is 0. The van der Waals surface area contributed by atoms with Crippen molar-refractivity contribution in [3.05, 3.63) is 53.9 Å². The van der Waals surface area contributed by atoms with Crippen molar-refractivity contribution in [1.29, 1.82) is 0 Å². The van der Waals surface area contributed by atoms with Crippen LogP contribution in [0.15, 0.2) is 42.5 Å². The molecule has 9 heteroatoms. The van der Waals surface area contributed by atoms with Crippen molar-refractivity contribution in [2.45, 2.75) is 90.7 Å². The lowest BCUT2D eigenvalue weighted by Gasteiger charge is -2.39. The number of nitrogens with one attached hydrogen (secondary N) is 1. The fraction of sp³-hybridized carbons (Fsp3) is 0.471. The molecular formula is C34H38BN3O5. The van der Waals surface area contributed by atoms with Crippen molar-refractivity contribution in [3.63, 3.8) is 0 Å². The number of hydrogen-bond donors (Lipinski definition) is 2. The number of fused-ring (bicyclic) bond motifs is 7. The zero-order chi connectivity index (χ0) is 30.3. The number of amides is 1. The summed E-state index contributed by atoms with van der Waals surface area (Å²) in [7, 11) is -0.420. The number of nitrogens with zero attached hydrogens (tertiary/aromatic N) is 2. The number of imidazole rings is 1. The number of ether oxygens (including phenoxy) is 1. The van der Waals surface area contributed by atoms with Gasteiger partial charge in [0.2, 0.25) is 0 Å². The van der Waals surface area contributed by atoms with Gasteiger partial charge in [0.1, 0.15) is 18.2 Å². The minimum Gasteiger partial charge on any atom is -0.488 e. The van der Waals surface area contributed by atoms with Gasteiger partial charge < -0.3 is 24.1 Å². The van der Waals surface area contributed by atoms with E-state index in [2.05, 4.69) is 89.8 Å². The Morgan fingerprint density at radius 3 is 2.49 bits per heavy atom. The van der Waals surface area contributed by atoms with Crippen LogP contribution in [0.1, 0.15) is 78.7 Å². The highest BCUT2D eigenvalue weighted by Gasteiger charge is 2.72. The van der Waals surface area contributed by atoms with Crippen molar-refractivity contribution in [1.82, 2.24) is 14.9 Å². The van der Waals surface area contributed by atoms with E-state index in [4.69, 9.17) is 19.0 Å². The second-order valence-electron chi connectivity index (χ2n) is 14.9. The SMILES string of the molecule is CC1(C)OB(c2ccc3c(c2)COc2cc4c(ccc5[nH]c([C@@H]6C[C@@H]7C[C@@]7(C(C)(C)C)N6C(=O)O)nc54)cc2-3)OC1(C)C. The third kappa shape index (κ3) is 3.64. The smallest absolute Gasteiger partial charge is 0.488 e. The third-order valence-electron chi connectivity index (χ3n) is 11.1. The van der Waals surface area contributed by atoms with Crippen LogP contribution in [0.25, 0.3) is 32.9 Å². The zero-order valence-corrected chi connectivity index (χ0v) is 25.9. The fourth-order valence-corrected chi connectivity index (χ4v) is 7.97. The molecule has 1 saturated carbocycles. The van der Waals surface area contributed by atoms with Crippen molar-refractivity contribution < 1.29 is 23.9 Å². The van der Waals surface area contributed by atoms with E-state index in [-0.39, 0.29) is 17.0 Å². The van der Waals surface area contributed by atoms with E-state index >= 15 is 0 Å². The molecule has 0 unspecified atom stereocenters. The van der Waals surface area contributed by atoms with Gasteiger partial charge in [0.15, 0.2) is 0 Å². The normalized spacial score (nSPS) is 26.8. The van der Waals surface area contributed by atoms with Gasteiger partial charge >= 0.3 is 13.2 Å². The molecule has 222 valence electrons. The Morgan fingerprint density at radius 1 is 1.05 bits per heavy atom. The predicted molar refractivity (Wildman–Crippen MR) is 167 cm³/mol. The van der Waals surface area contributed by atoms with Crippen LogP contribution in [0.2, 0.25) is 0 Å². The number of aromatic amines is 1. The van der Waals surface area contributed by atoms with Gasteiger partial charge in [-0.2, -0.15) is 0 Å². The summed E-state index contributed by atoms with van der Waals surface area (Å²) in [5.74, 6) is 1.91. The molecule has 3 aliphatic heterocycles. The molecule has 0 spiro atoms. The lowest BCUT2D eigenvalue weighted by atomic mass is 9.77. The Hall–Kier alpha value is -3.56. The second kappa shape index (κ2) is 8.33. The number of benzene rings is 3. The average molecular weight is 580 g/mol. The van der Waals surface area contributed by atoms with Crippen LogP contribution >= 0.6 is 0 Å². The Labute approximate surface area is 251 Å². The van der Waals surface area contributed by atoms with Gasteiger partial charge in [-0.3, -0.25) is 4.90 Å². The van der Waals surface area contributed by atoms with Gasteiger partial charge in [-0.15, -0.1) is 0 Å². The van der Waals surface area contributed by atoms with Crippen LogP contribution in [0.4, 0.5) is 4.79 Å². The number of likely N-dealkylation sites (tertiary alicyclic amines) is 1. The van der Waals surface area contributed by atoms with Crippen LogP contribution in [0.5, 0.6) is 5.75 Å². The predicted octanol–water partition coefficient (Wildman–Crippen LogP) is 6.80. The van der Waals surface area contributed by atoms with Crippen LogP contribution in [0.3, 0.4) is 0 Å². The molecule has 2 N–H and O–H groups in total. The number of rotatable bonds is 2. The molecule has 8 rings (SSSR count). The molecule has 4 aliphatic rings. The maximum Gasteiger partial charge on any atom is 0.494 e. The molecule has 0 radical (unpaired) electrons. The molecule has 1 amide bonds. The van der Waals surface area contributed by atoms with Gasteiger partial charge in [-0.25, -0.2) is 9.78 Å². The molecule has 1 aromatic heterocycles. The molecule has 4 heterocycles. The number of hydrogen-bond acceptors (Lipinski definition) is 5. The quantitative estimate of drug-likeness (QED) is 0.254. The van der Waals surface area contributed by atoms with E-state index < -0.39 is 24.4 Å². The largest absolute Gasteiger partial charge is 0.494 e. The summed E-state index contributed by atoms with van der Waals surface area (Å²) in [5, 5.41) is 12.4. The summed E-state index contributed by atoms with van der Waals surface area (Å²) in [6.07, 6.45) is 0.851. The number of carbonyl (C=O) groups is 1. The Kier molecular flexibility index (Phi) is 5.24. The Morgan fingerprint density at radius 2 is 1.79 bits per heavy atom. The minimum atomic E-state index is -0.868. The number of piperidine rings is 1. The summed E-state index contributed by atoms with van der Waals surface area (Å²) in [6, 6.07) is 14.5. The highest BCUT2D eigenvalue weighted by Crippen LogP contribution is 2.68. The maximum absolute atomic E-state index is 12.6. The molecule has 2 saturated heterocycles. The van der Waals surface area contributed by atoms with E-state index in [9.17, 15) is 9.90 Å². The van der Waals surface area contributed by atoms with E-state index in [0.717, 1.165) is 68.4 Å². The highest BCUT2D eigenvalue weighted by atomic mass is 16.7. The molecule has 3 fully saturated rings. The third-order valence-corrected chi connectivity index (χ3v) is 11.1. The molecule has 43 heavy (non-hydrogen) atoms. The molecule has 3 atom stereocenters. The number of carboxylic acid groups (broad SMARTS) is 1. The van der Waals surface area contributed by atoms with Gasteiger partial charge in [0, 0.05) is 10.9 Å². The first-order chi connectivity index (χ1) is 20.2. The molecule has 3 aromatic carbocycles. The van der Waals surface area contributed by atoms with Crippen LogP contribution in [-0.4, -0.2) is 49.9 Å². The van der Waals surface area contributed by atoms with Gasteiger partial charge in [0.25, 0.3) is 0 Å². The lowest BCUT2D eigenvalue weighted by Crippen LogP contribution is -2.48. The van der Waals surface area contributed by atoms with Crippen molar-refractivity contribution in [2.24, 2.45) is 11.3 Å². The molecule has 1 aliphatic carbocycles. The second-order valence-corrected chi connectivity index (χ2v) is 14.9. The minimum absolute atomic E-state index is 0.138. The monoisotopic (exact) mass is 579 g/mol. The van der Waals surface area contributed by atoms with Crippen LogP contribution in [-0.2, 0) is 15.9 Å². The van der Waals surface area contributed by atoms with E-state index in [0.29, 0.717) is 12.5 Å². The number of aromatic nitrogens is 2. The maximum atomic E-state index is 12.6. The summed E-state index contributed by atoms with van der Waals surface area (Å²) in [5.41, 5.74) is 4.76. The van der Waals surface area contributed by atoms with E-state index in [1.54, 1.807) is 4.90 Å². The van der Waals surface area contributed by atoms with Gasteiger partial charge in [0.05, 0.1) is 33.8 Å². The summed E-state index contributed by atoms with van der Waals surface area (Å²) in [6.45, 7) is 15.2. The first-order valence-corrected chi connectivity index (χ1v) is 15.3. The first-order valence-electron chi connectivity index (χ1n) is 15.3. The summed E-state index contributed by atoms with van der Waals surface area (Å²) in [4.78, 5) is 22.8. The van der Waals surface area contributed by atoms with Crippen molar-refractivity contribution in [3.8, 4) is 16.9 Å². The van der Waals surface area contributed by atoms with Crippen LogP contribution < -0.4 is 10.2 Å². The standard InChI is InChI=1S/C34H38BN3O5/c1-31(2,3)34-16-20(34)14-26(38(34)30(39)40)29-36-25-11-8-18-13-24-22-10-9-21(35-42-32(4,5)33(6,7)43-35)12-19(22)17-41-27(24)15-23(18)28(25)37-29/h8-13,15,20,26H,14,16-17H2,1-7H3,(H,36,37)(H,39,40)/t20-,26+,34-/m1/s1. The Balaban J connectivity index is 1.15. The van der Waals surface area contributed by atoms with E-state index in [1.807, 2.05) is 6.07 Å². The van der Waals surface area contributed by atoms with Crippen molar-refractivity contribution >= 4 is 40.5 Å². The lowest BCUT2D eigenvalue weighted by molar-refractivity contribution is 0.00578. The first kappa shape index (κ1) is 27.0. The van der Waals surface area contributed by atoms with Crippen LogP contribution in [0, 0.1) is 11.3 Å².